The van der Waals surface area contributed by atoms with Gasteiger partial charge in [-0.3, -0.25) is 4.98 Å². The van der Waals surface area contributed by atoms with Crippen LogP contribution < -0.4 is 4.57 Å². The maximum Gasteiger partial charge on any atom is 0.331 e. The van der Waals surface area contributed by atoms with Gasteiger partial charge in [0, 0.05) is 23.7 Å². The van der Waals surface area contributed by atoms with Crippen LogP contribution in [0, 0.1) is 20.8 Å². The molecule has 0 atom stereocenters. The average molecular weight is 302 g/mol. The van der Waals surface area contributed by atoms with Gasteiger partial charge in [0.15, 0.2) is 5.69 Å². The summed E-state index contributed by atoms with van der Waals surface area (Å²) in [6.07, 6.45) is 4.94. The lowest BCUT2D eigenvalue weighted by Crippen LogP contribution is -2.33. The summed E-state index contributed by atoms with van der Waals surface area (Å²) < 4.78 is 2.14. The molecule has 0 saturated heterocycles. The van der Waals surface area contributed by atoms with Crippen LogP contribution in [0.4, 0.5) is 0 Å². The molecule has 1 aromatic carbocycles. The van der Waals surface area contributed by atoms with Gasteiger partial charge in [-0.1, -0.05) is 6.07 Å². The van der Waals surface area contributed by atoms with Crippen molar-refractivity contribution in [1.29, 1.82) is 0 Å². The number of pyridine rings is 1. The summed E-state index contributed by atoms with van der Waals surface area (Å²) >= 11 is 0. The van der Waals surface area contributed by atoms with Gasteiger partial charge in [-0.15, -0.1) is 0 Å². The highest BCUT2D eigenvalue weighted by Gasteiger charge is 2.29. The molecule has 0 N–H and O–H groups in total. The molecule has 0 fully saturated rings. The molecule has 3 nitrogen and oxygen atoms in total. The maximum atomic E-state index is 5.03. The fraction of sp³-hybridized carbons (Fsp3) is 0.250. The molecule has 0 radical (unpaired) electrons. The number of hydrogen-bond acceptors (Lipinski definition) is 2. The number of aromatic nitrogens is 3. The van der Waals surface area contributed by atoms with Crippen molar-refractivity contribution in [2.24, 2.45) is 7.05 Å². The van der Waals surface area contributed by atoms with Crippen LogP contribution in [0.1, 0.15) is 27.9 Å². The van der Waals surface area contributed by atoms with E-state index in [0.717, 1.165) is 23.6 Å². The van der Waals surface area contributed by atoms with Crippen LogP contribution in [-0.2, 0) is 13.5 Å². The Balaban J connectivity index is 1.97. The molecule has 1 aliphatic rings. The van der Waals surface area contributed by atoms with Crippen LogP contribution in [-0.4, -0.2) is 9.97 Å². The Labute approximate surface area is 136 Å². The minimum atomic E-state index is 0.873. The van der Waals surface area contributed by atoms with Crippen LogP contribution in [0.2, 0.25) is 0 Å². The Bertz CT molecular complexity index is 942. The van der Waals surface area contributed by atoms with Gasteiger partial charge in [0.25, 0.3) is 0 Å². The van der Waals surface area contributed by atoms with Crippen molar-refractivity contribution in [2.45, 2.75) is 27.2 Å². The van der Waals surface area contributed by atoms with E-state index >= 15 is 0 Å². The van der Waals surface area contributed by atoms with Crippen LogP contribution in [0.3, 0.4) is 0 Å². The normalized spacial score (nSPS) is 12.2. The van der Waals surface area contributed by atoms with Crippen molar-refractivity contribution in [3.63, 3.8) is 0 Å². The van der Waals surface area contributed by atoms with Crippen LogP contribution in [0.5, 0.6) is 0 Å². The lowest BCUT2D eigenvalue weighted by molar-refractivity contribution is -0.663. The van der Waals surface area contributed by atoms with E-state index in [9.17, 15) is 0 Å². The molecule has 0 amide bonds. The number of rotatable bonds is 1. The third-order valence-corrected chi connectivity index (χ3v) is 4.76. The quantitative estimate of drug-likeness (QED) is 0.504. The second kappa shape index (κ2) is 4.98. The first kappa shape index (κ1) is 14.1. The number of benzene rings is 1. The molecule has 4 rings (SSSR count). The summed E-state index contributed by atoms with van der Waals surface area (Å²) in [7, 11) is 2.08. The molecule has 0 saturated carbocycles. The van der Waals surface area contributed by atoms with E-state index in [1.165, 1.54) is 33.4 Å². The van der Waals surface area contributed by atoms with Crippen molar-refractivity contribution in [1.82, 2.24) is 9.97 Å². The zero-order valence-corrected chi connectivity index (χ0v) is 14.0. The van der Waals surface area contributed by atoms with Gasteiger partial charge in [-0.2, -0.15) is 0 Å². The Kier molecular flexibility index (Phi) is 3.05. The molecule has 0 unspecified atom stereocenters. The first-order valence-corrected chi connectivity index (χ1v) is 7.96. The first-order valence-electron chi connectivity index (χ1n) is 7.96. The van der Waals surface area contributed by atoms with Gasteiger partial charge in [-0.05, 0) is 60.6 Å². The van der Waals surface area contributed by atoms with Crippen LogP contribution >= 0.6 is 0 Å². The van der Waals surface area contributed by atoms with Gasteiger partial charge in [0.1, 0.15) is 0 Å². The van der Waals surface area contributed by atoms with Gasteiger partial charge in [0.05, 0.1) is 24.5 Å². The predicted molar refractivity (Wildman–Crippen MR) is 91.1 cm³/mol. The van der Waals surface area contributed by atoms with E-state index < -0.39 is 0 Å². The molecule has 0 spiro atoms. The molecular formula is C20H20N3+. The summed E-state index contributed by atoms with van der Waals surface area (Å²) in [5.41, 5.74) is 9.73. The average Bonchev–Trinajstić information content (AvgIpc) is 2.87. The van der Waals surface area contributed by atoms with Crippen molar-refractivity contribution < 1.29 is 4.57 Å². The Morgan fingerprint density at radius 2 is 1.91 bits per heavy atom. The van der Waals surface area contributed by atoms with Crippen molar-refractivity contribution in [3.8, 4) is 22.6 Å². The molecule has 1 aliphatic carbocycles. The number of aryl methyl sites for hydroxylation is 3. The number of fused-ring (bicyclic) bond motifs is 3. The molecule has 2 heterocycles. The van der Waals surface area contributed by atoms with Crippen molar-refractivity contribution in [3.05, 3.63) is 64.6 Å². The SMILES string of the molecule is Cc1cc(C)c(C)c(-c2nc3c(c[n+]2C)Cc2ncccc2-3)c1. The monoisotopic (exact) mass is 302 g/mol. The van der Waals surface area contributed by atoms with E-state index in [0.29, 0.717) is 0 Å². The van der Waals surface area contributed by atoms with E-state index in [4.69, 9.17) is 4.98 Å². The summed E-state index contributed by atoms with van der Waals surface area (Å²) in [5, 5.41) is 0. The molecule has 0 bridgehead atoms. The third-order valence-electron chi connectivity index (χ3n) is 4.76. The van der Waals surface area contributed by atoms with Crippen molar-refractivity contribution in [2.75, 3.05) is 0 Å². The van der Waals surface area contributed by atoms with Gasteiger partial charge >= 0.3 is 5.82 Å². The highest BCUT2D eigenvalue weighted by atomic mass is 15.0. The largest absolute Gasteiger partial charge is 0.331 e. The molecule has 0 aliphatic heterocycles. The van der Waals surface area contributed by atoms with Gasteiger partial charge in [-0.25, -0.2) is 4.57 Å². The van der Waals surface area contributed by atoms with E-state index in [1.807, 2.05) is 12.3 Å². The molecule has 3 heteroatoms. The van der Waals surface area contributed by atoms with Crippen molar-refractivity contribution >= 4 is 0 Å². The van der Waals surface area contributed by atoms with E-state index in [-0.39, 0.29) is 0 Å². The topological polar surface area (TPSA) is 29.7 Å². The second-order valence-electron chi connectivity index (χ2n) is 6.48. The standard InChI is InChI=1S/C20H20N3/c1-12-8-13(2)14(3)17(9-12)20-22-19-15(11-23(20)4)10-18-16(19)6-5-7-21-18/h5-9,11H,10H2,1-4H3/q+1. The fourth-order valence-corrected chi connectivity index (χ4v) is 3.47. The zero-order valence-electron chi connectivity index (χ0n) is 14.0. The van der Waals surface area contributed by atoms with E-state index in [1.54, 1.807) is 0 Å². The summed E-state index contributed by atoms with van der Waals surface area (Å²) in [6.45, 7) is 6.48. The van der Waals surface area contributed by atoms with Gasteiger partial charge < -0.3 is 0 Å². The minimum Gasteiger partial charge on any atom is -0.260 e. The lowest BCUT2D eigenvalue weighted by Gasteiger charge is -2.09. The minimum absolute atomic E-state index is 0.873. The predicted octanol–water partition coefficient (Wildman–Crippen LogP) is 3.46. The number of nitrogens with zero attached hydrogens (tertiary/aromatic N) is 3. The highest BCUT2D eigenvalue weighted by molar-refractivity contribution is 5.73. The lowest BCUT2D eigenvalue weighted by atomic mass is 9.99. The Morgan fingerprint density at radius 3 is 2.74 bits per heavy atom. The molecular weight excluding hydrogens is 282 g/mol. The smallest absolute Gasteiger partial charge is 0.260 e. The van der Waals surface area contributed by atoms with Crippen LogP contribution in [0.25, 0.3) is 22.6 Å². The summed E-state index contributed by atoms with van der Waals surface area (Å²) in [6, 6.07) is 8.57. The summed E-state index contributed by atoms with van der Waals surface area (Å²) in [5.74, 6) is 1.02. The Hall–Kier alpha value is -2.55. The fourth-order valence-electron chi connectivity index (χ4n) is 3.47. The molecule has 23 heavy (non-hydrogen) atoms. The molecule has 114 valence electrons. The number of hydrogen-bond donors (Lipinski definition) is 0. The third kappa shape index (κ3) is 2.15. The second-order valence-corrected chi connectivity index (χ2v) is 6.48. The van der Waals surface area contributed by atoms with Gasteiger partial charge in [0.2, 0.25) is 0 Å². The highest BCUT2D eigenvalue weighted by Crippen LogP contribution is 2.34. The molecule has 3 aromatic rings. The van der Waals surface area contributed by atoms with Crippen LogP contribution in [0.15, 0.2) is 36.7 Å². The summed E-state index contributed by atoms with van der Waals surface area (Å²) in [4.78, 5) is 9.53. The van der Waals surface area contributed by atoms with E-state index in [2.05, 4.69) is 61.8 Å². The zero-order chi connectivity index (χ0) is 16.1. The Morgan fingerprint density at radius 1 is 1.09 bits per heavy atom. The molecule has 2 aromatic heterocycles. The maximum absolute atomic E-state index is 5.03. The first-order chi connectivity index (χ1) is 11.0.